The first-order valence-electron chi connectivity index (χ1n) is 7.15. The summed E-state index contributed by atoms with van der Waals surface area (Å²) in [5.41, 5.74) is 3.55. The van der Waals surface area contributed by atoms with E-state index in [1.54, 1.807) is 12.1 Å². The summed E-state index contributed by atoms with van der Waals surface area (Å²) in [6.45, 7) is 0.619. The molecule has 21 heavy (non-hydrogen) atoms. The maximum absolute atomic E-state index is 10.9. The van der Waals surface area contributed by atoms with E-state index in [0.29, 0.717) is 12.2 Å². The lowest BCUT2D eigenvalue weighted by Crippen LogP contribution is -2.42. The molecule has 0 bridgehead atoms. The fourth-order valence-electron chi connectivity index (χ4n) is 2.97. The number of benzene rings is 1. The molecule has 4 N–H and O–H groups in total. The Morgan fingerprint density at radius 2 is 2.19 bits per heavy atom. The van der Waals surface area contributed by atoms with Crippen molar-refractivity contribution in [2.24, 2.45) is 5.84 Å². The maximum atomic E-state index is 10.9. The van der Waals surface area contributed by atoms with Crippen LogP contribution in [0.4, 0.5) is 11.4 Å². The normalized spacial score (nSPS) is 22.3. The quantitative estimate of drug-likeness (QED) is 0.433. The molecule has 2 atom stereocenters. The highest BCUT2D eigenvalue weighted by Crippen LogP contribution is 2.27. The van der Waals surface area contributed by atoms with Crippen LogP contribution in [0.1, 0.15) is 31.2 Å². The fraction of sp³-hybridized carbons (Fsp3) is 0.571. The summed E-state index contributed by atoms with van der Waals surface area (Å²) in [4.78, 5) is 12.5. The molecule has 0 aliphatic heterocycles. The van der Waals surface area contributed by atoms with Crippen molar-refractivity contribution in [1.29, 1.82) is 0 Å². The Hall–Kier alpha value is -1.70. The number of likely N-dealkylation sites (N-methyl/N-ethyl adjacent to an activating group) is 1. The number of hydrogen-bond acceptors (Lipinski definition) is 6. The molecule has 1 fully saturated rings. The molecule has 2 rings (SSSR count). The molecule has 7 nitrogen and oxygen atoms in total. The van der Waals surface area contributed by atoms with E-state index in [1.807, 2.05) is 7.05 Å². The minimum atomic E-state index is -0.465. The highest BCUT2D eigenvalue weighted by Gasteiger charge is 2.26. The number of nitro benzene ring substituents is 1. The van der Waals surface area contributed by atoms with Gasteiger partial charge in [-0.25, -0.2) is 0 Å². The Balaban J connectivity index is 2.10. The van der Waals surface area contributed by atoms with E-state index < -0.39 is 4.92 Å². The van der Waals surface area contributed by atoms with Gasteiger partial charge in [-0.15, -0.1) is 0 Å². The van der Waals surface area contributed by atoms with Crippen LogP contribution in [0.15, 0.2) is 18.2 Å². The van der Waals surface area contributed by atoms with E-state index in [0.717, 1.165) is 31.2 Å². The third-order valence-electron chi connectivity index (χ3n) is 4.11. The van der Waals surface area contributed by atoms with Crippen molar-refractivity contribution in [2.45, 2.75) is 44.4 Å². The smallest absolute Gasteiger partial charge is 0.293 e. The number of aliphatic hydroxyl groups is 1. The van der Waals surface area contributed by atoms with Crippen LogP contribution in [0, 0.1) is 10.1 Å². The van der Waals surface area contributed by atoms with Crippen LogP contribution in [0.25, 0.3) is 0 Å². The second kappa shape index (κ2) is 6.84. The largest absolute Gasteiger partial charge is 0.391 e. The van der Waals surface area contributed by atoms with Crippen LogP contribution in [-0.4, -0.2) is 34.1 Å². The molecule has 1 aromatic carbocycles. The molecule has 1 aromatic rings. The van der Waals surface area contributed by atoms with E-state index >= 15 is 0 Å². The van der Waals surface area contributed by atoms with Gasteiger partial charge in [-0.1, -0.05) is 18.9 Å². The SMILES string of the molecule is CN(Cc1ccc([N+](=O)[O-])c(NN)c1)C1CCCCC1O. The number of hydrogen-bond donors (Lipinski definition) is 3. The highest BCUT2D eigenvalue weighted by atomic mass is 16.6. The monoisotopic (exact) mass is 294 g/mol. The number of nitrogen functional groups attached to an aromatic ring is 1. The third kappa shape index (κ3) is 3.69. The molecule has 0 radical (unpaired) electrons. The number of nitrogens with two attached hydrogens (primary N) is 1. The van der Waals surface area contributed by atoms with E-state index in [9.17, 15) is 15.2 Å². The van der Waals surface area contributed by atoms with Crippen molar-refractivity contribution in [3.8, 4) is 0 Å². The Kier molecular flexibility index (Phi) is 5.11. The van der Waals surface area contributed by atoms with Crippen LogP contribution in [0.3, 0.4) is 0 Å². The minimum absolute atomic E-state index is 0.0402. The molecular formula is C14H22N4O3. The van der Waals surface area contributed by atoms with Crippen molar-refractivity contribution < 1.29 is 10.0 Å². The lowest BCUT2D eigenvalue weighted by Gasteiger charge is -2.35. The van der Waals surface area contributed by atoms with Crippen molar-refractivity contribution in [3.05, 3.63) is 33.9 Å². The summed E-state index contributed by atoms with van der Waals surface area (Å²) in [6.07, 6.45) is 3.72. The highest BCUT2D eigenvalue weighted by molar-refractivity contribution is 5.62. The number of nitro groups is 1. The Morgan fingerprint density at radius 3 is 2.81 bits per heavy atom. The zero-order valence-corrected chi connectivity index (χ0v) is 12.2. The molecule has 0 heterocycles. The van der Waals surface area contributed by atoms with E-state index in [2.05, 4.69) is 10.3 Å². The van der Waals surface area contributed by atoms with Crippen molar-refractivity contribution in [1.82, 2.24) is 4.90 Å². The van der Waals surface area contributed by atoms with Gasteiger partial charge in [0.1, 0.15) is 5.69 Å². The minimum Gasteiger partial charge on any atom is -0.391 e. The zero-order chi connectivity index (χ0) is 15.4. The summed E-state index contributed by atoms with van der Waals surface area (Å²) in [5, 5.41) is 20.9. The van der Waals surface area contributed by atoms with Crippen LogP contribution >= 0.6 is 0 Å². The van der Waals surface area contributed by atoms with Crippen LogP contribution in [0.2, 0.25) is 0 Å². The van der Waals surface area contributed by atoms with Crippen LogP contribution in [0.5, 0.6) is 0 Å². The summed E-state index contributed by atoms with van der Waals surface area (Å²) in [5.74, 6) is 5.34. The summed E-state index contributed by atoms with van der Waals surface area (Å²) in [6, 6.07) is 5.01. The Bertz CT molecular complexity index is 509. The zero-order valence-electron chi connectivity index (χ0n) is 12.2. The fourth-order valence-corrected chi connectivity index (χ4v) is 2.97. The summed E-state index contributed by atoms with van der Waals surface area (Å²) >= 11 is 0. The van der Waals surface area contributed by atoms with Crippen molar-refractivity contribution in [2.75, 3.05) is 12.5 Å². The lowest BCUT2D eigenvalue weighted by molar-refractivity contribution is -0.384. The molecule has 2 unspecified atom stereocenters. The molecule has 7 heteroatoms. The topological polar surface area (TPSA) is 105 Å². The maximum Gasteiger partial charge on any atom is 0.293 e. The number of hydrazine groups is 1. The van der Waals surface area contributed by atoms with Crippen LogP contribution < -0.4 is 11.3 Å². The van der Waals surface area contributed by atoms with Gasteiger partial charge in [0, 0.05) is 18.7 Å². The van der Waals surface area contributed by atoms with Crippen molar-refractivity contribution in [3.63, 3.8) is 0 Å². The Labute approximate surface area is 123 Å². The molecular weight excluding hydrogens is 272 g/mol. The molecule has 1 saturated carbocycles. The van der Waals surface area contributed by atoms with E-state index in [1.165, 1.54) is 6.07 Å². The standard InChI is InChI=1S/C14H22N4O3/c1-17(13-4-2-3-5-14(13)19)9-10-6-7-12(18(20)21)11(8-10)16-15/h6-8,13-14,16,19H,2-5,9,15H2,1H3. The first-order chi connectivity index (χ1) is 10.0. The van der Waals surface area contributed by atoms with Gasteiger partial charge in [-0.3, -0.25) is 20.9 Å². The molecule has 1 aliphatic rings. The van der Waals surface area contributed by atoms with Gasteiger partial charge in [0.2, 0.25) is 0 Å². The first kappa shape index (κ1) is 15.7. The number of aliphatic hydroxyl groups excluding tert-OH is 1. The summed E-state index contributed by atoms with van der Waals surface area (Å²) < 4.78 is 0. The molecule has 0 amide bonds. The van der Waals surface area contributed by atoms with Gasteiger partial charge in [0.25, 0.3) is 5.69 Å². The molecule has 1 aliphatic carbocycles. The average Bonchev–Trinajstić information content (AvgIpc) is 2.47. The molecule has 0 spiro atoms. The van der Waals surface area contributed by atoms with Gasteiger partial charge in [0.05, 0.1) is 11.0 Å². The van der Waals surface area contributed by atoms with Crippen LogP contribution in [-0.2, 0) is 6.54 Å². The number of rotatable bonds is 5. The Morgan fingerprint density at radius 1 is 1.48 bits per heavy atom. The molecule has 0 saturated heterocycles. The van der Waals surface area contributed by atoms with E-state index in [4.69, 9.17) is 5.84 Å². The predicted octanol–water partition coefficient (Wildman–Crippen LogP) is 1.62. The van der Waals surface area contributed by atoms with Gasteiger partial charge in [-0.05, 0) is 31.5 Å². The summed E-state index contributed by atoms with van der Waals surface area (Å²) in [7, 11) is 1.97. The van der Waals surface area contributed by atoms with Gasteiger partial charge in [0.15, 0.2) is 0 Å². The van der Waals surface area contributed by atoms with Gasteiger partial charge < -0.3 is 10.5 Å². The predicted molar refractivity (Wildman–Crippen MR) is 80.6 cm³/mol. The third-order valence-corrected chi connectivity index (χ3v) is 4.11. The lowest BCUT2D eigenvalue weighted by atomic mass is 9.91. The second-order valence-electron chi connectivity index (χ2n) is 5.59. The number of anilines is 1. The number of nitrogens with one attached hydrogen (secondary N) is 1. The molecule has 116 valence electrons. The first-order valence-corrected chi connectivity index (χ1v) is 7.15. The second-order valence-corrected chi connectivity index (χ2v) is 5.59. The average molecular weight is 294 g/mol. The molecule has 0 aromatic heterocycles. The van der Waals surface area contributed by atoms with Gasteiger partial charge in [-0.2, -0.15) is 0 Å². The van der Waals surface area contributed by atoms with Gasteiger partial charge >= 0.3 is 0 Å². The van der Waals surface area contributed by atoms with Crippen molar-refractivity contribution >= 4 is 11.4 Å². The van der Waals surface area contributed by atoms with E-state index in [-0.39, 0.29) is 17.8 Å². The number of nitrogens with zero attached hydrogens (tertiary/aromatic N) is 2.